The first kappa shape index (κ1) is 19.7. The molecule has 3 rings (SSSR count). The Morgan fingerprint density at radius 1 is 0.893 bits per heavy atom. The van der Waals surface area contributed by atoms with Gasteiger partial charge in [-0.25, -0.2) is 4.39 Å². The molecule has 0 fully saturated rings. The molecule has 0 saturated carbocycles. The predicted molar refractivity (Wildman–Crippen MR) is 99.5 cm³/mol. The topological polar surface area (TPSA) is 48.0 Å². The number of rotatable bonds is 5. The van der Waals surface area contributed by atoms with Gasteiger partial charge >= 0.3 is 6.18 Å². The molecular formula is C21H18F4N2O. The van der Waals surface area contributed by atoms with E-state index >= 15 is 4.39 Å². The molecule has 0 unspecified atom stereocenters. The average Bonchev–Trinajstić information content (AvgIpc) is 2.64. The number of nitrogen functional groups attached to an aromatic ring is 1. The summed E-state index contributed by atoms with van der Waals surface area (Å²) < 4.78 is 56.3. The van der Waals surface area contributed by atoms with Gasteiger partial charge in [-0.05, 0) is 42.2 Å². The van der Waals surface area contributed by atoms with Crippen LogP contribution < -0.4 is 11.3 Å². The van der Waals surface area contributed by atoms with Crippen LogP contribution in [-0.4, -0.2) is 4.57 Å². The van der Waals surface area contributed by atoms with Crippen molar-refractivity contribution in [3.63, 3.8) is 0 Å². The van der Waals surface area contributed by atoms with E-state index in [2.05, 4.69) is 0 Å². The highest BCUT2D eigenvalue weighted by Gasteiger charge is 2.35. The fourth-order valence-corrected chi connectivity index (χ4v) is 3.08. The molecule has 7 heteroatoms. The van der Waals surface area contributed by atoms with Crippen LogP contribution in [0.3, 0.4) is 0 Å². The molecule has 0 saturated heterocycles. The minimum Gasteiger partial charge on any atom is -0.399 e. The molecule has 0 aliphatic heterocycles. The Kier molecular flexibility index (Phi) is 5.53. The lowest BCUT2D eigenvalue weighted by atomic mass is 9.97. The van der Waals surface area contributed by atoms with E-state index in [1.165, 1.54) is 24.4 Å². The zero-order valence-electron chi connectivity index (χ0n) is 14.8. The summed E-state index contributed by atoms with van der Waals surface area (Å²) in [6.07, 6.45) is -2.81. The van der Waals surface area contributed by atoms with Crippen LogP contribution in [0.2, 0.25) is 0 Å². The molecule has 3 nitrogen and oxygen atoms in total. The fraction of sp³-hybridized carbons (Fsp3) is 0.190. The van der Waals surface area contributed by atoms with E-state index in [9.17, 15) is 18.0 Å². The number of anilines is 1. The molecule has 146 valence electrons. The van der Waals surface area contributed by atoms with E-state index in [1.54, 1.807) is 24.3 Å². The summed E-state index contributed by atoms with van der Waals surface area (Å²) in [5.41, 5.74) is 5.24. The first-order valence-electron chi connectivity index (χ1n) is 8.63. The largest absolute Gasteiger partial charge is 0.416 e. The van der Waals surface area contributed by atoms with Crippen LogP contribution in [0, 0.1) is 5.82 Å². The number of aromatic nitrogens is 1. The van der Waals surface area contributed by atoms with E-state index in [0.717, 1.165) is 22.3 Å². The maximum absolute atomic E-state index is 15.0. The van der Waals surface area contributed by atoms with Gasteiger partial charge in [-0.3, -0.25) is 4.79 Å². The van der Waals surface area contributed by atoms with Crippen molar-refractivity contribution in [3.8, 4) is 0 Å². The first-order chi connectivity index (χ1) is 13.3. The van der Waals surface area contributed by atoms with E-state index < -0.39 is 35.2 Å². The number of nitrogens with zero attached hydrogens (tertiary/aromatic N) is 1. The van der Waals surface area contributed by atoms with Crippen molar-refractivity contribution in [1.82, 2.24) is 4.57 Å². The van der Waals surface area contributed by atoms with Gasteiger partial charge in [0.25, 0.3) is 5.56 Å². The van der Waals surface area contributed by atoms with Crippen LogP contribution in [0.1, 0.15) is 22.3 Å². The van der Waals surface area contributed by atoms with Crippen molar-refractivity contribution in [2.75, 3.05) is 5.73 Å². The van der Waals surface area contributed by atoms with E-state index in [1.807, 2.05) is 0 Å². The second-order valence-corrected chi connectivity index (χ2v) is 6.43. The predicted octanol–water partition coefficient (Wildman–Crippen LogP) is 4.42. The van der Waals surface area contributed by atoms with E-state index in [4.69, 9.17) is 5.73 Å². The summed E-state index contributed by atoms with van der Waals surface area (Å²) in [4.78, 5) is 11.9. The van der Waals surface area contributed by atoms with Crippen molar-refractivity contribution in [1.29, 1.82) is 0 Å². The normalized spacial score (nSPS) is 11.6. The molecular weight excluding hydrogens is 372 g/mol. The number of para-hydroxylation sites is 1. The molecule has 0 bridgehead atoms. The number of hydrogen-bond acceptors (Lipinski definition) is 2. The summed E-state index contributed by atoms with van der Waals surface area (Å²) in [5.74, 6) is -0.944. The van der Waals surface area contributed by atoms with Crippen LogP contribution >= 0.6 is 0 Å². The molecule has 0 aliphatic rings. The Morgan fingerprint density at radius 2 is 1.57 bits per heavy atom. The molecule has 0 amide bonds. The standard InChI is InChI=1S/C21H18F4N2O/c22-20-15(9-8-14-5-1-2-6-18(14)26)10-11-17(21(23,24)25)16(20)13-27-12-4-3-7-19(27)28/h1-7,10-12H,8-9,13,26H2. The third kappa shape index (κ3) is 4.24. The van der Waals surface area contributed by atoms with Crippen molar-refractivity contribution in [2.24, 2.45) is 0 Å². The Hall–Kier alpha value is -3.09. The van der Waals surface area contributed by atoms with Gasteiger partial charge in [0.05, 0.1) is 12.1 Å². The number of alkyl halides is 3. The number of benzene rings is 2. The molecule has 0 aliphatic carbocycles. The van der Waals surface area contributed by atoms with Gasteiger partial charge in [-0.2, -0.15) is 13.2 Å². The Balaban J connectivity index is 1.98. The highest BCUT2D eigenvalue weighted by atomic mass is 19.4. The lowest BCUT2D eigenvalue weighted by Crippen LogP contribution is -2.22. The SMILES string of the molecule is Nc1ccccc1CCc1ccc(C(F)(F)F)c(Cn2ccccc2=O)c1F. The van der Waals surface area contributed by atoms with Crippen LogP contribution in [-0.2, 0) is 25.6 Å². The number of halogens is 4. The van der Waals surface area contributed by atoms with Crippen LogP contribution in [0.5, 0.6) is 0 Å². The van der Waals surface area contributed by atoms with Crippen molar-refractivity contribution >= 4 is 5.69 Å². The molecule has 2 N–H and O–H groups in total. The van der Waals surface area contributed by atoms with Gasteiger partial charge in [-0.15, -0.1) is 0 Å². The molecule has 0 spiro atoms. The molecule has 0 radical (unpaired) electrons. The Bertz CT molecular complexity index is 1040. The molecule has 0 atom stereocenters. The number of aryl methyl sites for hydroxylation is 2. The van der Waals surface area contributed by atoms with Crippen molar-refractivity contribution < 1.29 is 17.6 Å². The van der Waals surface area contributed by atoms with E-state index in [0.29, 0.717) is 12.1 Å². The molecule has 3 aromatic rings. The Morgan fingerprint density at radius 3 is 2.25 bits per heavy atom. The summed E-state index contributed by atoms with van der Waals surface area (Å²) in [7, 11) is 0. The zero-order chi connectivity index (χ0) is 20.3. The summed E-state index contributed by atoms with van der Waals surface area (Å²) in [5, 5.41) is 0. The highest BCUT2D eigenvalue weighted by Crippen LogP contribution is 2.34. The van der Waals surface area contributed by atoms with Gasteiger partial charge in [0, 0.05) is 23.5 Å². The van der Waals surface area contributed by atoms with E-state index in [-0.39, 0.29) is 12.0 Å². The maximum Gasteiger partial charge on any atom is 0.416 e. The average molecular weight is 390 g/mol. The van der Waals surface area contributed by atoms with Crippen molar-refractivity contribution in [2.45, 2.75) is 25.6 Å². The lowest BCUT2D eigenvalue weighted by molar-refractivity contribution is -0.138. The van der Waals surface area contributed by atoms with Gasteiger partial charge in [0.2, 0.25) is 0 Å². The molecule has 28 heavy (non-hydrogen) atoms. The molecule has 2 aromatic carbocycles. The van der Waals surface area contributed by atoms with Crippen molar-refractivity contribution in [3.05, 3.63) is 99.2 Å². The summed E-state index contributed by atoms with van der Waals surface area (Å²) >= 11 is 0. The maximum atomic E-state index is 15.0. The van der Waals surface area contributed by atoms with Gasteiger partial charge in [0.1, 0.15) is 5.82 Å². The third-order valence-electron chi connectivity index (χ3n) is 4.57. The quantitative estimate of drug-likeness (QED) is 0.518. The fourth-order valence-electron chi connectivity index (χ4n) is 3.08. The van der Waals surface area contributed by atoms with Gasteiger partial charge in [0.15, 0.2) is 0 Å². The first-order valence-corrected chi connectivity index (χ1v) is 8.63. The number of nitrogens with two attached hydrogens (primary N) is 1. The second kappa shape index (κ2) is 7.88. The monoisotopic (exact) mass is 390 g/mol. The zero-order valence-corrected chi connectivity index (χ0v) is 14.8. The van der Waals surface area contributed by atoms with Gasteiger partial charge < -0.3 is 10.3 Å². The van der Waals surface area contributed by atoms with Crippen LogP contribution in [0.25, 0.3) is 0 Å². The minimum atomic E-state index is -4.73. The highest BCUT2D eigenvalue weighted by molar-refractivity contribution is 5.47. The smallest absolute Gasteiger partial charge is 0.399 e. The number of hydrogen-bond donors (Lipinski definition) is 1. The molecule has 1 aromatic heterocycles. The van der Waals surface area contributed by atoms with Crippen LogP contribution in [0.4, 0.5) is 23.2 Å². The lowest BCUT2D eigenvalue weighted by Gasteiger charge is -2.17. The summed E-state index contributed by atoms with van der Waals surface area (Å²) in [6, 6.07) is 13.3. The molecule has 1 heterocycles. The minimum absolute atomic E-state index is 0.148. The van der Waals surface area contributed by atoms with Crippen LogP contribution in [0.15, 0.2) is 65.6 Å². The van der Waals surface area contributed by atoms with Gasteiger partial charge in [-0.1, -0.05) is 30.3 Å². The number of pyridine rings is 1. The second-order valence-electron chi connectivity index (χ2n) is 6.43. The summed E-state index contributed by atoms with van der Waals surface area (Å²) in [6.45, 7) is -0.498. The Labute approximate surface area is 159 Å². The third-order valence-corrected chi connectivity index (χ3v) is 4.57.